The monoisotopic (exact) mass is 916 g/mol. The molecule has 2 heterocycles. The average Bonchev–Trinajstić information content (AvgIpc) is 3.87. The van der Waals surface area contributed by atoms with E-state index >= 15 is 0 Å². The minimum Gasteiger partial charge on any atom is -0.459 e. The fourth-order valence-corrected chi connectivity index (χ4v) is 10.2. The first kappa shape index (κ1) is 51.1. The van der Waals surface area contributed by atoms with E-state index in [0.29, 0.717) is 12.2 Å². The number of benzene rings is 2. The molecule has 1 aliphatic carbocycles. The van der Waals surface area contributed by atoms with Gasteiger partial charge in [-0.1, -0.05) is 86.6 Å². The van der Waals surface area contributed by atoms with E-state index in [1.807, 2.05) is 103 Å². The first-order valence-corrected chi connectivity index (χ1v) is 24.0. The fraction of sp³-hybridized carbons (Fsp3) is 0.600. The summed E-state index contributed by atoms with van der Waals surface area (Å²) >= 11 is 1.57. The Balaban J connectivity index is 1.10. The molecule has 15 heteroatoms. The standard InChI is InChI=1S/C50H73N7O7S/c1-30(2)40(51)46(62)64-37-25-38(44(60)54-31(3)33-15-17-34(18-16-33)41-32(4)53-29-65-41)57(26-37)45(61)42(48(5,6)7)55-39(58)27-63-24-14-12-13-23-52-36-21-19-35(20-22-36)43(59)56-47-49(8,9)28-50(47,10)11/h15-22,29-31,37-38,40,42,47,52H,12-14,23-28,51H2,1-11H3,(H,54,60)(H,55,58)(H,56,59)/t31-,37+,38-,40?,42+/m0/s1. The van der Waals surface area contributed by atoms with Crippen LogP contribution >= 0.6 is 11.3 Å². The van der Waals surface area contributed by atoms with Crippen LogP contribution in [0.25, 0.3) is 10.4 Å². The van der Waals surface area contributed by atoms with Crippen molar-refractivity contribution in [3.8, 4) is 10.4 Å². The maximum absolute atomic E-state index is 14.5. The van der Waals surface area contributed by atoms with E-state index in [0.717, 1.165) is 59.6 Å². The number of nitrogens with one attached hydrogen (secondary N) is 4. The van der Waals surface area contributed by atoms with Gasteiger partial charge >= 0.3 is 5.97 Å². The summed E-state index contributed by atoms with van der Waals surface area (Å²) in [6.45, 7) is 22.6. The number of hydrogen-bond acceptors (Lipinski definition) is 11. The zero-order valence-electron chi connectivity index (χ0n) is 40.3. The highest BCUT2D eigenvalue weighted by Gasteiger charge is 2.53. The van der Waals surface area contributed by atoms with Crippen molar-refractivity contribution in [2.45, 2.75) is 145 Å². The lowest BCUT2D eigenvalue weighted by Gasteiger charge is -2.57. The van der Waals surface area contributed by atoms with Gasteiger partial charge in [0.25, 0.3) is 5.91 Å². The molecule has 3 aromatic rings. The van der Waals surface area contributed by atoms with Crippen molar-refractivity contribution < 1.29 is 33.4 Å². The number of unbranched alkanes of at least 4 members (excludes halogenated alkanes) is 2. The first-order valence-electron chi connectivity index (χ1n) is 23.1. The van der Waals surface area contributed by atoms with Crippen molar-refractivity contribution in [2.75, 3.05) is 31.6 Å². The summed E-state index contributed by atoms with van der Waals surface area (Å²) < 4.78 is 11.5. The number of hydrogen-bond donors (Lipinski definition) is 5. The van der Waals surface area contributed by atoms with Crippen LogP contribution in [0.2, 0.25) is 0 Å². The summed E-state index contributed by atoms with van der Waals surface area (Å²) in [7, 11) is 0. The molecule has 2 aliphatic rings. The topological polar surface area (TPSA) is 194 Å². The number of ether oxygens (including phenoxy) is 2. The summed E-state index contributed by atoms with van der Waals surface area (Å²) in [4.78, 5) is 74.5. The number of anilines is 1. The number of rotatable bonds is 20. The molecule has 0 radical (unpaired) electrons. The van der Waals surface area contributed by atoms with Gasteiger partial charge in [0, 0.05) is 36.9 Å². The number of carbonyl (C=O) groups excluding carboxylic acids is 5. The molecule has 1 unspecified atom stereocenters. The number of aromatic nitrogens is 1. The van der Waals surface area contributed by atoms with Crippen molar-refractivity contribution in [1.82, 2.24) is 25.8 Å². The normalized spacial score (nSPS) is 19.4. The molecular formula is C50H73N7O7S. The predicted octanol–water partition coefficient (Wildman–Crippen LogP) is 7.18. The maximum atomic E-state index is 14.5. The van der Waals surface area contributed by atoms with Crippen molar-refractivity contribution >= 4 is 46.6 Å². The molecule has 4 amide bonds. The Kier molecular flexibility index (Phi) is 17.0. The van der Waals surface area contributed by atoms with Crippen LogP contribution < -0.4 is 27.0 Å². The second kappa shape index (κ2) is 21.6. The van der Waals surface area contributed by atoms with Crippen molar-refractivity contribution in [2.24, 2.45) is 27.9 Å². The summed E-state index contributed by atoms with van der Waals surface area (Å²) in [6, 6.07) is 12.4. The molecule has 5 atom stereocenters. The molecule has 2 fully saturated rings. The van der Waals surface area contributed by atoms with Gasteiger partial charge in [-0.2, -0.15) is 0 Å². The SMILES string of the molecule is Cc1ncsc1-c1ccc([C@H](C)NC(=O)[C@@H]2C[C@@H](OC(=O)C(N)C(C)C)CN2C(=O)[C@@H](NC(=O)COCCCCCNc2ccc(C(=O)NC3C(C)(C)CC3(C)C)cc2)C(C)(C)C)cc1. The Bertz CT molecular complexity index is 2100. The minimum atomic E-state index is -1.00. The third kappa shape index (κ3) is 13.4. The predicted molar refractivity (Wildman–Crippen MR) is 256 cm³/mol. The number of nitrogens with two attached hydrogens (primary N) is 1. The number of thiazole rings is 1. The molecule has 65 heavy (non-hydrogen) atoms. The number of carbonyl (C=O) groups is 5. The fourth-order valence-electron chi connectivity index (χ4n) is 9.36. The van der Waals surface area contributed by atoms with Crippen LogP contribution in [0.3, 0.4) is 0 Å². The zero-order valence-corrected chi connectivity index (χ0v) is 41.2. The molecule has 0 spiro atoms. The maximum Gasteiger partial charge on any atom is 0.323 e. The van der Waals surface area contributed by atoms with Crippen molar-refractivity contribution in [3.63, 3.8) is 0 Å². The van der Waals surface area contributed by atoms with Crippen LogP contribution in [-0.4, -0.2) is 96.1 Å². The molecular weight excluding hydrogens is 843 g/mol. The Labute approximate surface area is 390 Å². The van der Waals surface area contributed by atoms with E-state index in [1.165, 1.54) is 4.90 Å². The van der Waals surface area contributed by atoms with Gasteiger partial charge in [0.15, 0.2) is 0 Å². The summed E-state index contributed by atoms with van der Waals surface area (Å²) in [5.41, 5.74) is 11.8. The second-order valence-corrected chi connectivity index (χ2v) is 21.6. The smallest absolute Gasteiger partial charge is 0.323 e. The van der Waals surface area contributed by atoms with Gasteiger partial charge in [-0.3, -0.25) is 24.0 Å². The third-order valence-corrected chi connectivity index (χ3v) is 13.7. The molecule has 1 saturated heterocycles. The van der Waals surface area contributed by atoms with Crippen LogP contribution in [-0.2, 0) is 28.7 Å². The first-order chi connectivity index (χ1) is 30.5. The number of esters is 1. The zero-order chi connectivity index (χ0) is 47.9. The van der Waals surface area contributed by atoms with Gasteiger partial charge in [0.05, 0.1) is 28.7 Å². The van der Waals surface area contributed by atoms with Gasteiger partial charge < -0.3 is 41.4 Å². The van der Waals surface area contributed by atoms with Gasteiger partial charge in [0.1, 0.15) is 30.8 Å². The lowest BCUT2D eigenvalue weighted by atomic mass is 9.52. The van der Waals surface area contributed by atoms with Crippen LogP contribution in [0.4, 0.5) is 5.69 Å². The highest BCUT2D eigenvalue weighted by Crippen LogP contribution is 2.53. The largest absolute Gasteiger partial charge is 0.459 e. The van der Waals surface area contributed by atoms with Crippen LogP contribution in [0.1, 0.15) is 129 Å². The van der Waals surface area contributed by atoms with E-state index in [-0.39, 0.29) is 48.3 Å². The Hall–Kier alpha value is -4.86. The summed E-state index contributed by atoms with van der Waals surface area (Å²) in [5, 5.41) is 12.6. The van der Waals surface area contributed by atoms with Crippen LogP contribution in [0, 0.1) is 29.1 Å². The van der Waals surface area contributed by atoms with Gasteiger partial charge in [-0.05, 0) is 97.1 Å². The van der Waals surface area contributed by atoms with E-state index in [4.69, 9.17) is 15.2 Å². The molecule has 6 N–H and O–H groups in total. The van der Waals surface area contributed by atoms with Crippen LogP contribution in [0.5, 0.6) is 0 Å². The molecule has 2 aromatic carbocycles. The van der Waals surface area contributed by atoms with E-state index < -0.39 is 59.4 Å². The summed E-state index contributed by atoms with van der Waals surface area (Å²) in [5.74, 6) is -2.11. The Morgan fingerprint density at radius 1 is 0.923 bits per heavy atom. The lowest BCUT2D eigenvalue weighted by molar-refractivity contribution is -0.152. The number of aryl methyl sites for hydroxylation is 1. The number of nitrogens with zero attached hydrogens (tertiary/aromatic N) is 2. The highest BCUT2D eigenvalue weighted by molar-refractivity contribution is 7.13. The molecule has 356 valence electrons. The number of amides is 4. The van der Waals surface area contributed by atoms with Gasteiger partial charge in [-0.25, -0.2) is 4.98 Å². The summed E-state index contributed by atoms with van der Waals surface area (Å²) in [6.07, 6.45) is 2.88. The van der Waals surface area contributed by atoms with Crippen LogP contribution in [0.15, 0.2) is 54.0 Å². The highest BCUT2D eigenvalue weighted by atomic mass is 32.1. The van der Waals surface area contributed by atoms with Crippen molar-refractivity contribution in [1.29, 1.82) is 0 Å². The molecule has 14 nitrogen and oxygen atoms in total. The molecule has 1 aromatic heterocycles. The Morgan fingerprint density at radius 2 is 1.58 bits per heavy atom. The molecule has 1 aliphatic heterocycles. The van der Waals surface area contributed by atoms with Gasteiger partial charge in [-0.15, -0.1) is 11.3 Å². The minimum absolute atomic E-state index is 0.0291. The van der Waals surface area contributed by atoms with E-state index in [9.17, 15) is 24.0 Å². The Morgan fingerprint density at radius 3 is 2.17 bits per heavy atom. The lowest BCUT2D eigenvalue weighted by Crippen LogP contribution is -2.63. The number of likely N-dealkylation sites (tertiary alicyclic amines) is 1. The molecule has 5 rings (SSSR count). The van der Waals surface area contributed by atoms with E-state index in [1.54, 1.807) is 11.3 Å². The molecule has 1 saturated carbocycles. The quantitative estimate of drug-likeness (QED) is 0.0573. The van der Waals surface area contributed by atoms with Gasteiger partial charge in [0.2, 0.25) is 17.7 Å². The molecule has 0 bridgehead atoms. The second-order valence-electron chi connectivity index (χ2n) is 20.7. The third-order valence-electron chi connectivity index (χ3n) is 12.7. The average molecular weight is 916 g/mol. The van der Waals surface area contributed by atoms with E-state index in [2.05, 4.69) is 53.9 Å². The van der Waals surface area contributed by atoms with Crippen molar-refractivity contribution in [3.05, 3.63) is 70.9 Å².